The van der Waals surface area contributed by atoms with Crippen LogP contribution in [0, 0.1) is 16.2 Å². The van der Waals surface area contributed by atoms with E-state index in [1.807, 2.05) is 0 Å². The van der Waals surface area contributed by atoms with Crippen LogP contribution in [0.3, 0.4) is 0 Å². The summed E-state index contributed by atoms with van der Waals surface area (Å²) >= 11 is 2.55. The fourth-order valence-corrected chi connectivity index (χ4v) is 9.02. The molecule has 0 N–H and O–H groups in total. The summed E-state index contributed by atoms with van der Waals surface area (Å²) in [6.07, 6.45) is 0.0309. The van der Waals surface area contributed by atoms with Crippen LogP contribution < -0.4 is 0 Å². The molecule has 0 saturated carbocycles. The summed E-state index contributed by atoms with van der Waals surface area (Å²) in [4.78, 5) is 60.6. The SMILES string of the molecule is C=CC(=O)OCC(C)(COC(=O)OCCCCCC(C)=O)COC(=O)OCC(C)(COC(=O)OCC(C)(COC)CSCCS(=O)(=O)C=C)CSCCS(=O)(=O)C=C. The van der Waals surface area contributed by atoms with Crippen LogP contribution in [0.4, 0.5) is 14.4 Å². The second kappa shape index (κ2) is 28.2. The van der Waals surface area contributed by atoms with Gasteiger partial charge >= 0.3 is 24.4 Å². The van der Waals surface area contributed by atoms with Gasteiger partial charge in [-0.1, -0.05) is 33.6 Å². The molecule has 0 aliphatic rings. The van der Waals surface area contributed by atoms with Crippen LogP contribution in [0.15, 0.2) is 36.6 Å². The van der Waals surface area contributed by atoms with E-state index < -0.39 is 67.0 Å². The molecular weight excluding hydrogens is 845 g/mol. The first-order valence-corrected chi connectivity index (χ1v) is 23.8. The number of Topliss-reactive ketones (excluding diaryl/α,β-unsaturated/α-hetero) is 1. The number of hydrogen-bond acceptors (Lipinski definition) is 19. The summed E-state index contributed by atoms with van der Waals surface area (Å²) in [6.45, 7) is 14.6. The third-order valence-electron chi connectivity index (χ3n) is 7.74. The smallest absolute Gasteiger partial charge is 0.462 e. The first kappa shape index (κ1) is 54.7. The largest absolute Gasteiger partial charge is 0.508 e. The van der Waals surface area contributed by atoms with Gasteiger partial charge in [0.2, 0.25) is 0 Å². The maximum Gasteiger partial charge on any atom is 0.508 e. The standard InChI is InChI=1S/C37H60O17S4/c1-9-31(39)49-22-35(5,23-50-32(40)48-16-14-12-13-15-30(4)38)24-51-33(41)53-26-37(7,29-56-18-20-58(45,46)11-3)27-54-34(42)52-25-36(6,21-47-8)28-55-17-19-57(43,44)10-2/h9-11H,1-3,12-29H2,4-8H3. The zero-order valence-electron chi connectivity index (χ0n) is 34.2. The van der Waals surface area contributed by atoms with E-state index in [2.05, 4.69) is 19.7 Å². The lowest BCUT2D eigenvalue weighted by Gasteiger charge is -2.30. The van der Waals surface area contributed by atoms with Gasteiger partial charge in [0, 0.05) is 64.3 Å². The third-order valence-corrected chi connectivity index (χ3v) is 13.6. The first-order chi connectivity index (χ1) is 27.1. The molecule has 0 aliphatic heterocycles. The van der Waals surface area contributed by atoms with Crippen molar-refractivity contribution in [2.45, 2.75) is 53.4 Å². The molecule has 3 unspecified atom stereocenters. The molecule has 0 aromatic carbocycles. The average molecular weight is 905 g/mol. The topological polar surface area (TPSA) is 227 Å². The molecule has 0 amide bonds. The Morgan fingerprint density at radius 3 is 1.36 bits per heavy atom. The van der Waals surface area contributed by atoms with Crippen LogP contribution >= 0.6 is 23.5 Å². The van der Waals surface area contributed by atoms with Gasteiger partial charge in [-0.05, 0) is 33.1 Å². The van der Waals surface area contributed by atoms with Gasteiger partial charge in [-0.3, -0.25) is 0 Å². The Morgan fingerprint density at radius 1 is 0.569 bits per heavy atom. The molecule has 0 rings (SSSR count). The second-order valence-electron chi connectivity index (χ2n) is 14.4. The summed E-state index contributed by atoms with van der Waals surface area (Å²) in [5, 5.41) is 1.75. The maximum atomic E-state index is 12.8. The van der Waals surface area contributed by atoms with E-state index in [9.17, 15) is 40.8 Å². The first-order valence-electron chi connectivity index (χ1n) is 18.1. The molecule has 3 atom stereocenters. The zero-order chi connectivity index (χ0) is 44.3. The van der Waals surface area contributed by atoms with E-state index in [0.29, 0.717) is 37.2 Å². The van der Waals surface area contributed by atoms with Crippen molar-refractivity contribution in [2.24, 2.45) is 16.2 Å². The number of sulfone groups is 2. The number of thioether (sulfide) groups is 2. The minimum atomic E-state index is -3.49. The van der Waals surface area contributed by atoms with Crippen LogP contribution in [0.1, 0.15) is 53.4 Å². The van der Waals surface area contributed by atoms with Crippen molar-refractivity contribution in [3.05, 3.63) is 36.6 Å². The number of carbonyl (C=O) groups excluding carboxylic acids is 5. The number of hydrogen-bond donors (Lipinski definition) is 0. The molecule has 0 aliphatic carbocycles. The Bertz CT molecular complexity index is 1570. The molecule has 0 aromatic heterocycles. The Balaban J connectivity index is 5.49. The molecule has 0 fully saturated rings. The van der Waals surface area contributed by atoms with Gasteiger partial charge < -0.3 is 42.7 Å². The molecule has 0 spiro atoms. The Hall–Kier alpha value is -3.27. The van der Waals surface area contributed by atoms with E-state index in [4.69, 9.17) is 37.9 Å². The predicted octanol–water partition coefficient (Wildman–Crippen LogP) is 5.57. The monoisotopic (exact) mass is 904 g/mol. The van der Waals surface area contributed by atoms with E-state index in [1.165, 1.54) is 44.5 Å². The molecule has 334 valence electrons. The van der Waals surface area contributed by atoms with Crippen molar-refractivity contribution >= 4 is 73.4 Å². The Labute approximate surface area is 351 Å². The van der Waals surface area contributed by atoms with Gasteiger partial charge in [0.05, 0.1) is 30.1 Å². The van der Waals surface area contributed by atoms with Gasteiger partial charge in [0.25, 0.3) is 0 Å². The summed E-state index contributed by atoms with van der Waals surface area (Å²) in [6, 6.07) is 0. The third kappa shape index (κ3) is 27.4. The van der Waals surface area contributed by atoms with Crippen molar-refractivity contribution < 1.29 is 78.7 Å². The lowest BCUT2D eigenvalue weighted by atomic mass is 9.94. The molecule has 0 aromatic rings. The fourth-order valence-electron chi connectivity index (χ4n) is 4.28. The molecule has 0 heterocycles. The number of ketones is 1. The summed E-state index contributed by atoms with van der Waals surface area (Å²) in [7, 11) is -5.38. The number of esters is 1. The minimum Gasteiger partial charge on any atom is -0.462 e. The Morgan fingerprint density at radius 2 is 0.966 bits per heavy atom. The number of ether oxygens (including phenoxy) is 8. The number of methoxy groups -OCH3 is 1. The van der Waals surface area contributed by atoms with E-state index in [1.54, 1.807) is 13.8 Å². The van der Waals surface area contributed by atoms with Crippen molar-refractivity contribution in [2.75, 3.05) is 94.5 Å². The molecule has 0 radical (unpaired) electrons. The normalized spacial score (nSPS) is 14.6. The average Bonchev–Trinajstić information content (AvgIpc) is 3.18. The van der Waals surface area contributed by atoms with Crippen LogP contribution in [0.25, 0.3) is 0 Å². The van der Waals surface area contributed by atoms with Gasteiger partial charge in [0.15, 0.2) is 19.7 Å². The second-order valence-corrected chi connectivity index (χ2v) is 20.7. The van der Waals surface area contributed by atoms with Gasteiger partial charge in [0.1, 0.15) is 45.4 Å². The molecule has 0 bridgehead atoms. The zero-order valence-corrected chi connectivity index (χ0v) is 37.4. The lowest BCUT2D eigenvalue weighted by molar-refractivity contribution is -0.143. The van der Waals surface area contributed by atoms with Crippen LogP contribution in [0.2, 0.25) is 0 Å². The lowest BCUT2D eigenvalue weighted by Crippen LogP contribution is -2.38. The predicted molar refractivity (Wildman–Crippen MR) is 221 cm³/mol. The molecule has 21 heteroatoms. The van der Waals surface area contributed by atoms with Gasteiger partial charge in [-0.15, -0.1) is 0 Å². The van der Waals surface area contributed by atoms with Crippen LogP contribution in [0.5, 0.6) is 0 Å². The van der Waals surface area contributed by atoms with Crippen molar-refractivity contribution in [1.29, 1.82) is 0 Å². The highest BCUT2D eigenvalue weighted by atomic mass is 32.2. The maximum absolute atomic E-state index is 12.8. The molecular formula is C37H60O17S4. The number of rotatable bonds is 33. The van der Waals surface area contributed by atoms with Crippen molar-refractivity contribution in [3.8, 4) is 0 Å². The number of carbonyl (C=O) groups is 5. The van der Waals surface area contributed by atoms with E-state index in [0.717, 1.165) is 16.9 Å². The highest BCUT2D eigenvalue weighted by Crippen LogP contribution is 2.27. The van der Waals surface area contributed by atoms with Gasteiger partial charge in [-0.25, -0.2) is 36.0 Å². The van der Waals surface area contributed by atoms with Crippen molar-refractivity contribution in [1.82, 2.24) is 0 Å². The van der Waals surface area contributed by atoms with Gasteiger partial charge in [-0.2, -0.15) is 23.5 Å². The molecule has 0 saturated heterocycles. The van der Waals surface area contributed by atoms with Crippen molar-refractivity contribution in [3.63, 3.8) is 0 Å². The fraction of sp³-hybridized carbons (Fsp3) is 0.703. The van der Waals surface area contributed by atoms with Crippen LogP contribution in [-0.2, 0) is 67.2 Å². The highest BCUT2D eigenvalue weighted by molar-refractivity contribution is 8.01. The Kier molecular flexibility index (Phi) is 26.7. The van der Waals surface area contributed by atoms with Crippen LogP contribution in [-0.4, -0.2) is 142 Å². The van der Waals surface area contributed by atoms with E-state index >= 15 is 0 Å². The number of unbranched alkanes of at least 4 members (excludes halogenated alkanes) is 2. The minimum absolute atomic E-state index is 0.0587. The quantitative estimate of drug-likeness (QED) is 0.0339. The summed E-state index contributed by atoms with van der Waals surface area (Å²) < 4.78 is 89.4. The molecule has 17 nitrogen and oxygen atoms in total. The molecule has 58 heavy (non-hydrogen) atoms. The summed E-state index contributed by atoms with van der Waals surface area (Å²) in [5.41, 5.74) is -3.02. The summed E-state index contributed by atoms with van der Waals surface area (Å²) in [5.74, 6) is 0.00735. The van der Waals surface area contributed by atoms with E-state index in [-0.39, 0.29) is 75.0 Å². The highest BCUT2D eigenvalue weighted by Gasteiger charge is 2.34.